The standard InChI is InChI=1S/C.Mg.2H2O/h;;2*1H2. The highest BCUT2D eigenvalue weighted by Gasteiger charge is 0.00101. The zero-order valence-corrected chi connectivity index (χ0v) is 3.62. The van der Waals surface area contributed by atoms with E-state index < -0.39 is 0 Å². The summed E-state index contributed by atoms with van der Waals surface area (Å²) >= 11 is 0. The Labute approximate surface area is 42.0 Å². The van der Waals surface area contributed by atoms with Crippen molar-refractivity contribution in [3.05, 3.63) is 7.43 Å². The van der Waals surface area contributed by atoms with Crippen molar-refractivity contribution in [2.24, 2.45) is 0 Å². The molecule has 0 aliphatic rings. The highest BCUT2D eigenvalue weighted by Crippen LogP contribution is 0.0813. The lowest BCUT2D eigenvalue weighted by Gasteiger charge is -0.413. The molecule has 0 aromatic heterocycles. The molecule has 4 N–H and O–H groups in total. The minimum Gasteiger partial charge on any atom is -0.412 e. The van der Waals surface area contributed by atoms with E-state index in [2.05, 4.69) is 0 Å². The van der Waals surface area contributed by atoms with Gasteiger partial charge in [-0.2, -0.15) is 0 Å². The first-order valence-corrected chi connectivity index (χ1v) is 0. The predicted molar refractivity (Wildman–Crippen MR) is 16.2 cm³/mol. The summed E-state index contributed by atoms with van der Waals surface area (Å²) in [5, 5.41) is 0. The van der Waals surface area contributed by atoms with Gasteiger partial charge in [-0.1, -0.05) is 0 Å². The second kappa shape index (κ2) is 56.5. The van der Waals surface area contributed by atoms with Crippen LogP contribution in [-0.2, 0) is 0 Å². The molecule has 0 aromatic carbocycles. The average Bonchev–Trinajstić information content (AvgIpc) is 0. The predicted octanol–water partition coefficient (Wildman–Crippen LogP) is -1.95. The molecular formula is CH4MgO2. The fourth-order valence-corrected chi connectivity index (χ4v) is 0. The summed E-state index contributed by atoms with van der Waals surface area (Å²) in [6.07, 6.45) is 0. The van der Waals surface area contributed by atoms with Crippen LogP contribution in [0.2, 0.25) is 0 Å². The van der Waals surface area contributed by atoms with Crippen LogP contribution in [0, 0.1) is 7.43 Å². The van der Waals surface area contributed by atoms with Crippen LogP contribution in [0.4, 0.5) is 0 Å². The van der Waals surface area contributed by atoms with Crippen molar-refractivity contribution < 1.29 is 11.0 Å². The van der Waals surface area contributed by atoms with E-state index in [-0.39, 0.29) is 41.4 Å². The highest BCUT2D eigenvalue weighted by atomic mass is 24.3. The quantitative estimate of drug-likeness (QED) is 0.299. The molecule has 0 rings (SSSR count). The maximum Gasteiger partial charge on any atom is 0 e. The van der Waals surface area contributed by atoms with Gasteiger partial charge >= 0.3 is 0 Å². The Morgan fingerprint density at radius 1 is 0.750 bits per heavy atom. The first kappa shape index (κ1) is 135. The van der Waals surface area contributed by atoms with Crippen LogP contribution in [0.15, 0.2) is 0 Å². The maximum absolute atomic E-state index is 0. The molecule has 2 nitrogen and oxygen atoms in total. The van der Waals surface area contributed by atoms with Crippen LogP contribution in [0.25, 0.3) is 0 Å². The van der Waals surface area contributed by atoms with Crippen molar-refractivity contribution in [2.75, 3.05) is 0 Å². The van der Waals surface area contributed by atoms with Gasteiger partial charge in [0.2, 0.25) is 0 Å². The third-order valence-electron chi connectivity index (χ3n) is 0. The lowest BCUT2D eigenvalue weighted by Crippen LogP contribution is -0.381. The van der Waals surface area contributed by atoms with Gasteiger partial charge in [-0.25, -0.2) is 0 Å². The molecule has 0 heterocycles. The van der Waals surface area contributed by atoms with Crippen LogP contribution in [0.1, 0.15) is 0 Å². The van der Waals surface area contributed by atoms with Gasteiger partial charge in [0.05, 0.1) is 0 Å². The van der Waals surface area contributed by atoms with Crippen molar-refractivity contribution in [2.45, 2.75) is 0 Å². The fraction of sp³-hybridized carbons (Fsp3) is 0. The van der Waals surface area contributed by atoms with E-state index in [1.54, 1.807) is 0 Å². The molecule has 0 aromatic rings. The van der Waals surface area contributed by atoms with Crippen LogP contribution < -0.4 is 0 Å². The summed E-state index contributed by atoms with van der Waals surface area (Å²) in [5.74, 6) is 0. The molecule has 0 amide bonds. The first-order chi connectivity index (χ1) is 0. The van der Waals surface area contributed by atoms with E-state index in [4.69, 9.17) is 0 Å². The maximum atomic E-state index is 0. The van der Waals surface area contributed by atoms with Gasteiger partial charge in [0.15, 0.2) is 0 Å². The van der Waals surface area contributed by atoms with Crippen molar-refractivity contribution in [3.8, 4) is 0 Å². The van der Waals surface area contributed by atoms with Gasteiger partial charge in [0.1, 0.15) is 0 Å². The zero-order chi connectivity index (χ0) is 0. The molecule has 0 bridgehead atoms. The van der Waals surface area contributed by atoms with E-state index in [1.165, 1.54) is 0 Å². The molecule has 0 atom stereocenters. The van der Waals surface area contributed by atoms with Crippen LogP contribution >= 0.6 is 0 Å². The van der Waals surface area contributed by atoms with Crippen molar-refractivity contribution in [3.63, 3.8) is 0 Å². The summed E-state index contributed by atoms with van der Waals surface area (Å²) in [6, 6.07) is 0. The SMILES string of the molecule is O.O.[C].[Mg]. The Kier molecular flexibility index (Phi) is 1910. The Balaban J connectivity index is 0. The first-order valence-electron chi connectivity index (χ1n) is 0. The van der Waals surface area contributed by atoms with Crippen molar-refractivity contribution >= 4 is 23.1 Å². The lowest BCUT2D eigenvalue weighted by molar-refractivity contribution is 0.823. The second-order valence-electron chi connectivity index (χ2n) is 0. The van der Waals surface area contributed by atoms with E-state index in [0.717, 1.165) is 0 Å². The minimum absolute atomic E-state index is 0. The van der Waals surface area contributed by atoms with Crippen molar-refractivity contribution in [1.82, 2.24) is 0 Å². The van der Waals surface area contributed by atoms with Gasteiger partial charge in [0.25, 0.3) is 0 Å². The second-order valence-corrected chi connectivity index (χ2v) is 0. The molecule has 0 saturated carbocycles. The molecule has 4 heavy (non-hydrogen) atoms. The van der Waals surface area contributed by atoms with Crippen LogP contribution in [0.5, 0.6) is 0 Å². The smallest absolute Gasteiger partial charge is 0 e. The zero-order valence-electron chi connectivity index (χ0n) is 2.21. The molecule has 0 fully saturated rings. The third-order valence-corrected chi connectivity index (χ3v) is 0. The highest BCUT2D eigenvalue weighted by molar-refractivity contribution is 5.75. The Hall–Kier alpha value is 0.686. The lowest BCUT2D eigenvalue weighted by atomic mass is 12.0. The van der Waals surface area contributed by atoms with Gasteiger partial charge in [-0.15, -0.1) is 0 Å². The third kappa shape index (κ3) is 16.2. The molecule has 0 aliphatic heterocycles. The molecular weight excluding hydrogens is 68.3 g/mol. The topological polar surface area (TPSA) is 63.0 Å². The molecule has 0 aliphatic carbocycles. The van der Waals surface area contributed by atoms with Gasteiger partial charge in [-0.3, -0.25) is 0 Å². The van der Waals surface area contributed by atoms with Gasteiger partial charge in [-0.05, 0) is 0 Å². The summed E-state index contributed by atoms with van der Waals surface area (Å²) < 4.78 is 0. The molecule has 0 unspecified atom stereocenters. The number of hydrogen-bond donors (Lipinski definition) is 0. The molecule has 22 valence electrons. The van der Waals surface area contributed by atoms with E-state index in [0.29, 0.717) is 0 Å². The Morgan fingerprint density at radius 3 is 0.750 bits per heavy atom. The minimum atomic E-state index is 0. The van der Waals surface area contributed by atoms with Crippen LogP contribution in [-0.4, -0.2) is 34.0 Å². The molecule has 0 spiro atoms. The summed E-state index contributed by atoms with van der Waals surface area (Å²) in [5.41, 5.74) is 0. The summed E-state index contributed by atoms with van der Waals surface area (Å²) in [6.45, 7) is 0. The summed E-state index contributed by atoms with van der Waals surface area (Å²) in [7, 11) is 0. The fourth-order valence-electron chi connectivity index (χ4n) is 0. The van der Waals surface area contributed by atoms with Crippen LogP contribution in [0.3, 0.4) is 0 Å². The van der Waals surface area contributed by atoms with E-state index in [9.17, 15) is 0 Å². The van der Waals surface area contributed by atoms with E-state index in [1.807, 2.05) is 0 Å². The molecule has 6 radical (unpaired) electrons. The average molecular weight is 72.3 g/mol. The Morgan fingerprint density at radius 2 is 0.750 bits per heavy atom. The normalized spacial score (nSPS) is 0. The van der Waals surface area contributed by atoms with Gasteiger partial charge in [0, 0.05) is 30.5 Å². The Bertz CT molecular complexity index is 6.00. The summed E-state index contributed by atoms with van der Waals surface area (Å²) in [4.78, 5) is 0. The molecule has 3 heteroatoms. The van der Waals surface area contributed by atoms with E-state index >= 15 is 0 Å². The molecule has 0 saturated heterocycles. The number of hydrogen-bond acceptors (Lipinski definition) is 0. The monoisotopic (exact) mass is 72.0 g/mol. The van der Waals surface area contributed by atoms with Gasteiger partial charge < -0.3 is 11.0 Å². The largest absolute Gasteiger partial charge is 0.412 e. The van der Waals surface area contributed by atoms with Crippen molar-refractivity contribution in [1.29, 1.82) is 0 Å². The number of rotatable bonds is 0.